The van der Waals surface area contributed by atoms with Gasteiger partial charge in [0.15, 0.2) is 11.8 Å². The van der Waals surface area contributed by atoms with Crippen LogP contribution in [-0.4, -0.2) is 30.8 Å². The zero-order chi connectivity index (χ0) is 12.0. The quantitative estimate of drug-likeness (QED) is 0.416. The maximum absolute atomic E-state index is 5.28. The molecule has 3 nitrogen and oxygen atoms in total. The van der Waals surface area contributed by atoms with Crippen LogP contribution in [0.1, 0.15) is 13.3 Å². The van der Waals surface area contributed by atoms with Gasteiger partial charge in [0.25, 0.3) is 5.76 Å². The van der Waals surface area contributed by atoms with Crippen molar-refractivity contribution in [2.24, 2.45) is 4.99 Å². The van der Waals surface area contributed by atoms with Gasteiger partial charge in [0.05, 0.1) is 18.3 Å². The van der Waals surface area contributed by atoms with Crippen LogP contribution in [-0.2, 0) is 4.74 Å². The predicted molar refractivity (Wildman–Crippen MR) is 67.9 cm³/mol. The van der Waals surface area contributed by atoms with Crippen LogP contribution in [0.25, 0.3) is 0 Å². The first-order valence-electron chi connectivity index (χ1n) is 5.11. The molecule has 0 unspecified atom stereocenters. The van der Waals surface area contributed by atoms with E-state index in [0.29, 0.717) is 5.70 Å². The molecule has 0 spiro atoms. The SMILES string of the molecule is CCCN(C)C1=C(OC)C=[C+]C(N=C=S)=C1. The van der Waals surface area contributed by atoms with Crippen LogP contribution < -0.4 is 0 Å². The Bertz CT molecular complexity index is 390. The Balaban J connectivity index is 3.03. The van der Waals surface area contributed by atoms with Crippen LogP contribution in [0.3, 0.4) is 0 Å². The summed E-state index contributed by atoms with van der Waals surface area (Å²) in [4.78, 5) is 6.03. The molecule has 16 heavy (non-hydrogen) atoms. The van der Waals surface area contributed by atoms with Crippen LogP contribution >= 0.6 is 12.2 Å². The third-order valence-electron chi connectivity index (χ3n) is 2.23. The highest BCUT2D eigenvalue weighted by atomic mass is 32.1. The molecule has 0 atom stereocenters. The minimum atomic E-state index is 0.675. The molecule has 4 heteroatoms. The van der Waals surface area contributed by atoms with Crippen molar-refractivity contribution in [2.45, 2.75) is 13.3 Å². The van der Waals surface area contributed by atoms with Crippen molar-refractivity contribution in [2.75, 3.05) is 20.7 Å². The van der Waals surface area contributed by atoms with E-state index >= 15 is 0 Å². The summed E-state index contributed by atoms with van der Waals surface area (Å²) in [5.41, 5.74) is 1.67. The highest BCUT2D eigenvalue weighted by Gasteiger charge is 2.21. The number of allylic oxidation sites excluding steroid dienone is 3. The number of hydrogen-bond acceptors (Lipinski definition) is 4. The summed E-state index contributed by atoms with van der Waals surface area (Å²) in [6, 6.07) is 0. The predicted octanol–water partition coefficient (Wildman–Crippen LogP) is 2.55. The lowest BCUT2D eigenvalue weighted by Crippen LogP contribution is -2.20. The van der Waals surface area contributed by atoms with Crippen molar-refractivity contribution >= 4 is 17.4 Å². The summed E-state index contributed by atoms with van der Waals surface area (Å²) >= 11 is 4.57. The highest BCUT2D eigenvalue weighted by molar-refractivity contribution is 7.78. The van der Waals surface area contributed by atoms with Crippen LogP contribution in [0.5, 0.6) is 0 Å². The number of ether oxygens (including phenoxy) is 1. The second-order valence-electron chi connectivity index (χ2n) is 3.40. The van der Waals surface area contributed by atoms with Gasteiger partial charge in [-0.05, 0) is 18.6 Å². The fourth-order valence-electron chi connectivity index (χ4n) is 1.49. The van der Waals surface area contributed by atoms with Gasteiger partial charge in [0, 0.05) is 13.6 Å². The summed E-state index contributed by atoms with van der Waals surface area (Å²) in [7, 11) is 3.67. The summed E-state index contributed by atoms with van der Waals surface area (Å²) in [5, 5.41) is 2.34. The minimum absolute atomic E-state index is 0.675. The fourth-order valence-corrected chi connectivity index (χ4v) is 1.59. The maximum atomic E-state index is 5.28. The van der Waals surface area contributed by atoms with Crippen LogP contribution in [0.15, 0.2) is 34.3 Å². The van der Waals surface area contributed by atoms with E-state index in [-0.39, 0.29) is 0 Å². The van der Waals surface area contributed by atoms with E-state index in [4.69, 9.17) is 4.74 Å². The van der Waals surface area contributed by atoms with Gasteiger partial charge in [-0.25, -0.2) is 0 Å². The Hall–Kier alpha value is -1.47. The van der Waals surface area contributed by atoms with Crippen LogP contribution in [0, 0.1) is 6.08 Å². The Morgan fingerprint density at radius 1 is 1.62 bits per heavy atom. The third kappa shape index (κ3) is 3.01. The minimum Gasteiger partial charge on any atom is -0.435 e. The van der Waals surface area contributed by atoms with Crippen molar-refractivity contribution in [3.63, 3.8) is 0 Å². The zero-order valence-electron chi connectivity index (χ0n) is 9.78. The molecule has 1 rings (SSSR count). The Kier molecular flexibility index (Phi) is 4.87. The first-order valence-corrected chi connectivity index (χ1v) is 5.52. The van der Waals surface area contributed by atoms with Crippen molar-refractivity contribution < 1.29 is 4.74 Å². The molecule has 84 valence electrons. The first kappa shape index (κ1) is 12.6. The standard InChI is InChI=1S/C12H15N2OS/c1-4-7-14(2)11-8-10(13-9-16)5-6-12(11)15-3/h6,8H,4,7H2,1-3H3/q+1. The molecule has 0 aromatic heterocycles. The summed E-state index contributed by atoms with van der Waals surface area (Å²) < 4.78 is 5.28. The molecule has 1 aliphatic rings. The average molecular weight is 235 g/mol. The number of likely N-dealkylation sites (N-methyl/N-ethyl adjacent to an activating group) is 1. The van der Waals surface area contributed by atoms with Crippen LogP contribution in [0.4, 0.5) is 0 Å². The van der Waals surface area contributed by atoms with Gasteiger partial charge in [-0.3, -0.25) is 0 Å². The first-order chi connectivity index (χ1) is 7.72. The third-order valence-corrected chi connectivity index (χ3v) is 2.32. The molecule has 0 fully saturated rings. The molecule has 0 heterocycles. The van der Waals surface area contributed by atoms with E-state index in [1.165, 1.54) is 0 Å². The highest BCUT2D eigenvalue weighted by Crippen LogP contribution is 2.20. The number of methoxy groups -OCH3 is 1. The molecule has 0 bridgehead atoms. The number of isothiocyanates is 1. The molecule has 0 radical (unpaired) electrons. The number of nitrogens with zero attached hydrogens (tertiary/aromatic N) is 2. The lowest BCUT2D eigenvalue weighted by molar-refractivity contribution is 0.283. The maximum Gasteiger partial charge on any atom is 0.257 e. The van der Waals surface area contributed by atoms with Crippen molar-refractivity contribution in [3.8, 4) is 0 Å². The molecular formula is C12H15N2OS+. The lowest BCUT2D eigenvalue weighted by Gasteiger charge is -2.17. The van der Waals surface area contributed by atoms with E-state index in [0.717, 1.165) is 24.4 Å². The lowest BCUT2D eigenvalue weighted by atomic mass is 10.1. The van der Waals surface area contributed by atoms with E-state index < -0.39 is 0 Å². The van der Waals surface area contributed by atoms with Crippen molar-refractivity contribution in [3.05, 3.63) is 35.4 Å². The van der Waals surface area contributed by atoms with Gasteiger partial charge in [-0.2, -0.15) is 4.99 Å². The van der Waals surface area contributed by atoms with Gasteiger partial charge in [0.2, 0.25) is 5.70 Å². The van der Waals surface area contributed by atoms with Gasteiger partial charge >= 0.3 is 0 Å². The molecule has 0 aromatic carbocycles. The summed E-state index contributed by atoms with van der Waals surface area (Å²) in [6.07, 6.45) is 7.72. The van der Waals surface area contributed by atoms with E-state index in [2.05, 4.69) is 40.3 Å². The number of thiocarbonyl (C=S) groups is 1. The second-order valence-corrected chi connectivity index (χ2v) is 3.58. The second kappa shape index (κ2) is 6.19. The largest absolute Gasteiger partial charge is 0.435 e. The normalized spacial score (nSPS) is 13.8. The Morgan fingerprint density at radius 2 is 2.38 bits per heavy atom. The van der Waals surface area contributed by atoms with Gasteiger partial charge in [-0.15, -0.1) is 0 Å². The molecule has 0 aliphatic heterocycles. The van der Waals surface area contributed by atoms with E-state index in [1.807, 2.05) is 13.1 Å². The van der Waals surface area contributed by atoms with E-state index in [9.17, 15) is 0 Å². The Morgan fingerprint density at radius 3 is 2.94 bits per heavy atom. The molecule has 0 aromatic rings. The van der Waals surface area contributed by atoms with E-state index in [1.54, 1.807) is 13.2 Å². The Labute approximate surface area is 102 Å². The number of aliphatic imine (C=N–C) groups is 1. The molecule has 0 amide bonds. The van der Waals surface area contributed by atoms with Crippen LogP contribution in [0.2, 0.25) is 0 Å². The summed E-state index contributed by atoms with van der Waals surface area (Å²) in [5.74, 6) is 0.791. The number of hydrogen-bond donors (Lipinski definition) is 0. The smallest absolute Gasteiger partial charge is 0.257 e. The van der Waals surface area contributed by atoms with Crippen molar-refractivity contribution in [1.82, 2.24) is 4.90 Å². The zero-order valence-corrected chi connectivity index (χ0v) is 10.6. The molecular weight excluding hydrogens is 220 g/mol. The molecule has 1 aliphatic carbocycles. The molecule has 0 saturated carbocycles. The van der Waals surface area contributed by atoms with Gasteiger partial charge < -0.3 is 9.64 Å². The molecule has 0 saturated heterocycles. The monoisotopic (exact) mass is 235 g/mol. The van der Waals surface area contributed by atoms with Crippen molar-refractivity contribution in [1.29, 1.82) is 0 Å². The molecule has 0 N–H and O–H groups in total. The summed E-state index contributed by atoms with van der Waals surface area (Å²) in [6.45, 7) is 3.09. The number of rotatable bonds is 5. The average Bonchev–Trinajstić information content (AvgIpc) is 2.30. The van der Waals surface area contributed by atoms with Gasteiger partial charge in [-0.1, -0.05) is 6.92 Å². The van der Waals surface area contributed by atoms with Gasteiger partial charge in [0.1, 0.15) is 6.08 Å². The fraction of sp³-hybridized carbons (Fsp3) is 0.417. The topological polar surface area (TPSA) is 24.8 Å².